The molecule has 0 bridgehead atoms. The Labute approximate surface area is 150 Å². The molecule has 2 aromatic rings. The van der Waals surface area contributed by atoms with Gasteiger partial charge in [0, 0.05) is 52.0 Å². The first kappa shape index (κ1) is 17.5. The van der Waals surface area contributed by atoms with Gasteiger partial charge in [0.25, 0.3) is 5.91 Å². The van der Waals surface area contributed by atoms with Crippen LogP contribution in [-0.4, -0.2) is 66.7 Å². The second kappa shape index (κ2) is 7.72. The summed E-state index contributed by atoms with van der Waals surface area (Å²) in [6.45, 7) is 7.92. The molecule has 7 heteroatoms. The number of rotatable bonds is 6. The van der Waals surface area contributed by atoms with Crippen LogP contribution in [0.4, 0.5) is 0 Å². The molecule has 6 nitrogen and oxygen atoms in total. The van der Waals surface area contributed by atoms with Crippen LogP contribution < -0.4 is 0 Å². The van der Waals surface area contributed by atoms with Crippen LogP contribution in [0.2, 0.25) is 0 Å². The van der Waals surface area contributed by atoms with E-state index in [9.17, 15) is 4.79 Å². The van der Waals surface area contributed by atoms with Gasteiger partial charge >= 0.3 is 0 Å². The van der Waals surface area contributed by atoms with E-state index in [0.717, 1.165) is 50.2 Å². The highest BCUT2D eigenvalue weighted by atomic mass is 79.9. The third-order valence-electron chi connectivity index (χ3n) is 4.50. The molecule has 0 radical (unpaired) electrons. The maximum Gasteiger partial charge on any atom is 0.270 e. The fraction of sp³-hybridized carbons (Fsp3) is 0.588. The molecule has 0 spiro atoms. The monoisotopic (exact) mass is 397 g/mol. The van der Waals surface area contributed by atoms with E-state index in [1.54, 1.807) is 7.11 Å². The van der Waals surface area contributed by atoms with Crippen molar-refractivity contribution >= 4 is 32.9 Å². The Bertz CT molecular complexity index is 701. The fourth-order valence-electron chi connectivity index (χ4n) is 3.27. The molecule has 0 saturated carbocycles. The number of hydrogen-bond acceptors (Lipinski definition) is 4. The lowest BCUT2D eigenvalue weighted by atomic mass is 10.2. The molecule has 132 valence electrons. The Morgan fingerprint density at radius 3 is 2.67 bits per heavy atom. The Kier molecular flexibility index (Phi) is 5.63. The SMILES string of the molecule is CCCN1CCN(C(=O)c2cc3oc(Br)cc3n2CCOC)CC1. The molecular weight excluding hydrogens is 374 g/mol. The summed E-state index contributed by atoms with van der Waals surface area (Å²) < 4.78 is 13.5. The summed E-state index contributed by atoms with van der Waals surface area (Å²) in [5, 5.41) is 0. The minimum Gasteiger partial charge on any atom is -0.448 e. The Hall–Kier alpha value is -1.31. The van der Waals surface area contributed by atoms with Crippen molar-refractivity contribution in [2.45, 2.75) is 19.9 Å². The van der Waals surface area contributed by atoms with Crippen LogP contribution in [0.25, 0.3) is 11.1 Å². The lowest BCUT2D eigenvalue weighted by Crippen LogP contribution is -2.49. The molecule has 1 aliphatic rings. The van der Waals surface area contributed by atoms with Gasteiger partial charge in [-0.2, -0.15) is 0 Å². The number of nitrogens with zero attached hydrogens (tertiary/aromatic N) is 3. The summed E-state index contributed by atoms with van der Waals surface area (Å²) in [6.07, 6.45) is 1.15. The summed E-state index contributed by atoms with van der Waals surface area (Å²) in [7, 11) is 1.67. The number of fused-ring (bicyclic) bond motifs is 1. The number of ether oxygens (including phenoxy) is 1. The third kappa shape index (κ3) is 3.53. The molecule has 0 atom stereocenters. The van der Waals surface area contributed by atoms with Crippen molar-refractivity contribution in [3.05, 3.63) is 22.5 Å². The van der Waals surface area contributed by atoms with Gasteiger partial charge in [-0.3, -0.25) is 9.69 Å². The van der Waals surface area contributed by atoms with Crippen molar-refractivity contribution in [3.8, 4) is 0 Å². The number of hydrogen-bond donors (Lipinski definition) is 0. The predicted molar refractivity (Wildman–Crippen MR) is 96.4 cm³/mol. The lowest BCUT2D eigenvalue weighted by molar-refractivity contribution is 0.0625. The average Bonchev–Trinajstić information content (AvgIpc) is 3.09. The van der Waals surface area contributed by atoms with Gasteiger partial charge in [-0.05, 0) is 28.9 Å². The maximum atomic E-state index is 13.0. The average molecular weight is 398 g/mol. The minimum absolute atomic E-state index is 0.0739. The molecule has 1 amide bonds. The molecule has 2 aromatic heterocycles. The smallest absolute Gasteiger partial charge is 0.270 e. The Balaban J connectivity index is 1.80. The van der Waals surface area contributed by atoms with Gasteiger partial charge in [-0.25, -0.2) is 0 Å². The first-order valence-corrected chi connectivity index (χ1v) is 9.22. The van der Waals surface area contributed by atoms with Crippen molar-refractivity contribution in [3.63, 3.8) is 0 Å². The molecule has 24 heavy (non-hydrogen) atoms. The van der Waals surface area contributed by atoms with E-state index in [2.05, 4.69) is 27.8 Å². The highest BCUT2D eigenvalue weighted by molar-refractivity contribution is 9.10. The Morgan fingerprint density at radius 2 is 2.00 bits per heavy atom. The number of amides is 1. The highest BCUT2D eigenvalue weighted by Crippen LogP contribution is 2.28. The molecule has 1 aliphatic heterocycles. The van der Waals surface area contributed by atoms with Gasteiger partial charge in [0.05, 0.1) is 12.1 Å². The zero-order valence-electron chi connectivity index (χ0n) is 14.3. The lowest BCUT2D eigenvalue weighted by Gasteiger charge is -2.34. The van der Waals surface area contributed by atoms with Gasteiger partial charge in [-0.1, -0.05) is 6.92 Å². The van der Waals surface area contributed by atoms with Gasteiger partial charge in [-0.15, -0.1) is 0 Å². The fourth-order valence-corrected chi connectivity index (χ4v) is 3.66. The molecule has 0 N–H and O–H groups in total. The van der Waals surface area contributed by atoms with Crippen molar-refractivity contribution in [2.75, 3.05) is 46.4 Å². The zero-order valence-corrected chi connectivity index (χ0v) is 15.8. The molecule has 1 saturated heterocycles. The number of carbonyl (C=O) groups is 1. The summed E-state index contributed by atoms with van der Waals surface area (Å²) in [6, 6.07) is 3.75. The first-order chi connectivity index (χ1) is 11.6. The normalized spacial score (nSPS) is 16.2. The van der Waals surface area contributed by atoms with E-state index < -0.39 is 0 Å². The maximum absolute atomic E-state index is 13.0. The van der Waals surface area contributed by atoms with Crippen LogP contribution in [0.5, 0.6) is 0 Å². The minimum atomic E-state index is 0.0739. The van der Waals surface area contributed by atoms with Crippen molar-refractivity contribution in [1.29, 1.82) is 0 Å². The van der Waals surface area contributed by atoms with Gasteiger partial charge in [0.15, 0.2) is 10.3 Å². The zero-order chi connectivity index (χ0) is 17.1. The van der Waals surface area contributed by atoms with Crippen LogP contribution in [0.1, 0.15) is 23.8 Å². The number of aromatic nitrogens is 1. The van der Waals surface area contributed by atoms with Crippen molar-refractivity contribution < 1.29 is 13.9 Å². The van der Waals surface area contributed by atoms with E-state index in [4.69, 9.17) is 9.15 Å². The summed E-state index contributed by atoms with van der Waals surface area (Å²) in [5.41, 5.74) is 2.33. The first-order valence-electron chi connectivity index (χ1n) is 8.43. The molecule has 3 rings (SSSR count). The molecule has 0 aliphatic carbocycles. The third-order valence-corrected chi connectivity index (χ3v) is 4.89. The largest absolute Gasteiger partial charge is 0.448 e. The van der Waals surface area contributed by atoms with Crippen LogP contribution in [0, 0.1) is 0 Å². The van der Waals surface area contributed by atoms with Gasteiger partial charge < -0.3 is 18.6 Å². The van der Waals surface area contributed by atoms with E-state index in [1.165, 1.54) is 0 Å². The number of piperazine rings is 1. The second-order valence-electron chi connectivity index (χ2n) is 6.11. The quantitative estimate of drug-likeness (QED) is 0.751. The number of halogens is 1. The van der Waals surface area contributed by atoms with E-state index in [0.29, 0.717) is 23.5 Å². The predicted octanol–water partition coefficient (Wildman–Crippen LogP) is 2.81. The van der Waals surface area contributed by atoms with Gasteiger partial charge in [0.1, 0.15) is 5.69 Å². The molecule has 3 heterocycles. The van der Waals surface area contributed by atoms with Crippen LogP contribution >= 0.6 is 15.9 Å². The van der Waals surface area contributed by atoms with Crippen LogP contribution in [0.15, 0.2) is 21.2 Å². The van der Waals surface area contributed by atoms with Crippen LogP contribution in [-0.2, 0) is 11.3 Å². The molecule has 1 fully saturated rings. The van der Waals surface area contributed by atoms with Crippen LogP contribution in [0.3, 0.4) is 0 Å². The van der Waals surface area contributed by atoms with E-state index >= 15 is 0 Å². The molecule has 0 unspecified atom stereocenters. The van der Waals surface area contributed by atoms with Gasteiger partial charge in [0.2, 0.25) is 0 Å². The number of methoxy groups -OCH3 is 1. The summed E-state index contributed by atoms with van der Waals surface area (Å²) in [4.78, 5) is 17.3. The Morgan fingerprint density at radius 1 is 1.25 bits per heavy atom. The standard InChI is InChI=1S/C17H24BrN3O3/c1-3-4-19-5-7-20(8-6-19)17(22)14-11-15-13(12-16(18)24-15)21(14)9-10-23-2/h11-12H,3-10H2,1-2H3. The van der Waals surface area contributed by atoms with Crippen molar-refractivity contribution in [1.82, 2.24) is 14.4 Å². The van der Waals surface area contributed by atoms with E-state index in [-0.39, 0.29) is 5.91 Å². The highest BCUT2D eigenvalue weighted by Gasteiger charge is 2.26. The number of carbonyl (C=O) groups excluding carboxylic acids is 1. The number of furan rings is 1. The summed E-state index contributed by atoms with van der Waals surface area (Å²) in [5.74, 6) is 0.0739. The molecular formula is C17H24BrN3O3. The second-order valence-corrected chi connectivity index (χ2v) is 6.89. The topological polar surface area (TPSA) is 50.8 Å². The summed E-state index contributed by atoms with van der Waals surface area (Å²) >= 11 is 3.35. The van der Waals surface area contributed by atoms with E-state index in [1.807, 2.05) is 21.6 Å². The molecule has 0 aromatic carbocycles. The van der Waals surface area contributed by atoms with Crippen molar-refractivity contribution in [2.24, 2.45) is 0 Å².